The molecule has 1 aromatic carbocycles. The summed E-state index contributed by atoms with van der Waals surface area (Å²) in [5, 5.41) is 20.6. The molecular formula is C30H58O5Si2. The summed E-state index contributed by atoms with van der Waals surface area (Å²) in [7, 11) is -6.27. The number of hydrogen-bond acceptors (Lipinski definition) is 5. The molecule has 3 unspecified atom stereocenters. The molecule has 3 atom stereocenters. The average molecular weight is 555 g/mol. The van der Waals surface area contributed by atoms with Crippen LogP contribution in [0.3, 0.4) is 0 Å². The predicted molar refractivity (Wildman–Crippen MR) is 161 cm³/mol. The average Bonchev–Trinajstić information content (AvgIpc) is 2.76. The largest absolute Gasteiger partial charge is 0.411 e. The Labute approximate surface area is 230 Å². The van der Waals surface area contributed by atoms with E-state index in [2.05, 4.69) is 76.2 Å². The molecule has 0 aromatic heterocycles. The summed E-state index contributed by atoms with van der Waals surface area (Å²) in [4.78, 5) is 12.3. The fraction of sp³-hybridized carbons (Fsp3) is 0.800. The zero-order chi connectivity index (χ0) is 28.8. The molecule has 0 aliphatic heterocycles. The Balaban J connectivity index is 3.64. The molecule has 0 spiro atoms. The van der Waals surface area contributed by atoms with Gasteiger partial charge in [0, 0.05) is 15.7 Å². The number of hydrogen-bond donors (Lipinski definition) is 3. The van der Waals surface area contributed by atoms with E-state index in [0.29, 0.717) is 6.04 Å². The summed E-state index contributed by atoms with van der Waals surface area (Å²) in [5.74, 6) is 0. The molecule has 0 radical (unpaired) electrons. The quantitative estimate of drug-likeness (QED) is 0.164. The Morgan fingerprint density at radius 2 is 1.35 bits per heavy atom. The van der Waals surface area contributed by atoms with Gasteiger partial charge in [-0.1, -0.05) is 104 Å². The lowest BCUT2D eigenvalue weighted by atomic mass is 9.93. The van der Waals surface area contributed by atoms with Gasteiger partial charge in [-0.25, -0.2) is 0 Å². The monoisotopic (exact) mass is 554 g/mol. The second kappa shape index (κ2) is 13.2. The van der Waals surface area contributed by atoms with Crippen LogP contribution in [0.15, 0.2) is 30.3 Å². The summed E-state index contributed by atoms with van der Waals surface area (Å²) in [5.41, 5.74) is -1.19. The van der Waals surface area contributed by atoms with E-state index in [1.54, 1.807) is 0 Å². The lowest BCUT2D eigenvalue weighted by molar-refractivity contribution is 0.00397. The molecule has 37 heavy (non-hydrogen) atoms. The Bertz CT molecular complexity index is 800. The van der Waals surface area contributed by atoms with E-state index in [4.69, 9.17) is 8.85 Å². The first-order valence-electron chi connectivity index (χ1n) is 14.3. The van der Waals surface area contributed by atoms with E-state index in [0.717, 1.165) is 24.1 Å². The zero-order valence-corrected chi connectivity index (χ0v) is 27.8. The van der Waals surface area contributed by atoms with E-state index in [9.17, 15) is 15.0 Å². The molecule has 216 valence electrons. The first-order valence-corrected chi connectivity index (χ1v) is 18.4. The number of benzene rings is 1. The van der Waals surface area contributed by atoms with Crippen LogP contribution in [0, 0.1) is 0 Å². The van der Waals surface area contributed by atoms with Crippen LogP contribution >= 0.6 is 0 Å². The van der Waals surface area contributed by atoms with Crippen LogP contribution in [0.4, 0.5) is 0 Å². The van der Waals surface area contributed by atoms with Gasteiger partial charge in [0.15, 0.2) is 0 Å². The molecule has 1 aromatic rings. The Kier molecular flexibility index (Phi) is 12.3. The van der Waals surface area contributed by atoms with Crippen molar-refractivity contribution in [3.05, 3.63) is 30.3 Å². The van der Waals surface area contributed by atoms with Crippen molar-refractivity contribution in [2.24, 2.45) is 0 Å². The maximum Gasteiger partial charge on any atom is 0.375 e. The maximum absolute atomic E-state index is 12.3. The lowest BCUT2D eigenvalue weighted by Crippen LogP contribution is -2.67. The molecule has 0 fully saturated rings. The fourth-order valence-electron chi connectivity index (χ4n) is 5.29. The third-order valence-corrected chi connectivity index (χ3v) is 18.3. The van der Waals surface area contributed by atoms with Gasteiger partial charge in [-0.05, 0) is 51.9 Å². The van der Waals surface area contributed by atoms with Crippen LogP contribution in [0.1, 0.15) is 108 Å². The molecule has 0 amide bonds. The standard InChI is InChI=1S/C30H58O5Si2/c1-12-13-14-15-19-22-36(24-25(32)23-31,34-27(2,3)4)30(10,11)29(8,9)35-37(33,28(5,6)7)26-20-17-16-18-21-26/h16-18,20-21,25,31-33H,12-15,19,22-24H2,1-11H3. The minimum Gasteiger partial charge on any atom is -0.411 e. The van der Waals surface area contributed by atoms with Crippen LogP contribution in [0.25, 0.3) is 0 Å². The van der Waals surface area contributed by atoms with E-state index in [1.807, 2.05) is 30.3 Å². The minimum absolute atomic E-state index is 0.292. The molecule has 0 aliphatic carbocycles. The summed E-state index contributed by atoms with van der Waals surface area (Å²) in [6, 6.07) is 11.1. The van der Waals surface area contributed by atoms with E-state index in [-0.39, 0.29) is 6.61 Å². The van der Waals surface area contributed by atoms with Crippen molar-refractivity contribution in [2.45, 2.75) is 148 Å². The zero-order valence-electron chi connectivity index (χ0n) is 25.8. The van der Waals surface area contributed by atoms with Gasteiger partial charge in [-0.15, -0.1) is 0 Å². The third kappa shape index (κ3) is 8.72. The van der Waals surface area contributed by atoms with Crippen molar-refractivity contribution >= 4 is 22.1 Å². The van der Waals surface area contributed by atoms with Gasteiger partial charge in [0.05, 0.1) is 18.3 Å². The second-order valence-electron chi connectivity index (χ2n) is 13.9. The van der Waals surface area contributed by atoms with Crippen molar-refractivity contribution in [1.82, 2.24) is 0 Å². The number of rotatable bonds is 15. The molecule has 0 saturated carbocycles. The molecule has 0 saturated heterocycles. The highest BCUT2D eigenvalue weighted by molar-refractivity contribution is 6.83. The Hall–Kier alpha value is -0.546. The molecule has 7 heteroatoms. The smallest absolute Gasteiger partial charge is 0.375 e. The van der Waals surface area contributed by atoms with Crippen molar-refractivity contribution < 1.29 is 23.9 Å². The highest BCUT2D eigenvalue weighted by Gasteiger charge is 2.62. The normalized spacial score (nSPS) is 17.8. The summed E-state index contributed by atoms with van der Waals surface area (Å²) >= 11 is 0. The first kappa shape index (κ1) is 34.5. The Morgan fingerprint density at radius 1 is 0.811 bits per heavy atom. The highest BCUT2D eigenvalue weighted by Crippen LogP contribution is 2.56. The summed E-state index contributed by atoms with van der Waals surface area (Å²) < 4.78 is 14.1. The van der Waals surface area contributed by atoms with Crippen molar-refractivity contribution in [2.75, 3.05) is 6.61 Å². The minimum atomic E-state index is -3.45. The fourth-order valence-corrected chi connectivity index (χ4v) is 14.1. The molecule has 3 N–H and O–H groups in total. The number of aliphatic hydroxyl groups excluding tert-OH is 2. The van der Waals surface area contributed by atoms with Crippen LogP contribution in [0.2, 0.25) is 22.2 Å². The molecule has 0 aliphatic rings. The van der Waals surface area contributed by atoms with Gasteiger partial charge < -0.3 is 23.9 Å². The third-order valence-electron chi connectivity index (χ3n) is 8.19. The maximum atomic E-state index is 12.3. The molecule has 0 bridgehead atoms. The van der Waals surface area contributed by atoms with Crippen LogP contribution in [-0.4, -0.2) is 55.8 Å². The molecule has 5 nitrogen and oxygen atoms in total. The summed E-state index contributed by atoms with van der Waals surface area (Å²) in [6.45, 7) is 22.9. The van der Waals surface area contributed by atoms with Crippen LogP contribution in [0.5, 0.6) is 0 Å². The number of unbranched alkanes of at least 4 members (excludes halogenated alkanes) is 4. The van der Waals surface area contributed by atoms with Crippen molar-refractivity contribution in [3.8, 4) is 0 Å². The highest BCUT2D eigenvalue weighted by atomic mass is 28.4. The van der Waals surface area contributed by atoms with Crippen molar-refractivity contribution in [3.63, 3.8) is 0 Å². The summed E-state index contributed by atoms with van der Waals surface area (Å²) in [6.07, 6.45) is 4.86. The van der Waals surface area contributed by atoms with E-state index >= 15 is 0 Å². The van der Waals surface area contributed by atoms with Gasteiger partial charge >= 0.3 is 8.56 Å². The predicted octanol–water partition coefficient (Wildman–Crippen LogP) is 6.79. The van der Waals surface area contributed by atoms with Gasteiger partial charge in [0.2, 0.25) is 8.32 Å². The van der Waals surface area contributed by atoms with Crippen molar-refractivity contribution in [1.29, 1.82) is 0 Å². The molecule has 1 rings (SSSR count). The topological polar surface area (TPSA) is 79.2 Å². The Morgan fingerprint density at radius 3 is 1.81 bits per heavy atom. The molecule has 0 heterocycles. The van der Waals surface area contributed by atoms with Crippen LogP contribution < -0.4 is 5.19 Å². The van der Waals surface area contributed by atoms with E-state index in [1.165, 1.54) is 19.3 Å². The SMILES string of the molecule is CCCCCCC[Si](CC(O)CO)(OC(C)(C)C)C(C)(C)C(C)(C)O[Si](O)(c1ccccc1)C(C)(C)C. The number of aliphatic hydroxyl groups is 2. The van der Waals surface area contributed by atoms with Gasteiger partial charge in [0.1, 0.15) is 0 Å². The molecular weight excluding hydrogens is 496 g/mol. The van der Waals surface area contributed by atoms with Gasteiger partial charge in [0.25, 0.3) is 0 Å². The van der Waals surface area contributed by atoms with Gasteiger partial charge in [-0.3, -0.25) is 0 Å². The first-order chi connectivity index (χ1) is 16.8. The lowest BCUT2D eigenvalue weighted by Gasteiger charge is -2.57. The van der Waals surface area contributed by atoms with E-state index < -0.39 is 44.3 Å². The van der Waals surface area contributed by atoms with Gasteiger partial charge in [-0.2, -0.15) is 0 Å². The van der Waals surface area contributed by atoms with Crippen LogP contribution in [-0.2, 0) is 8.85 Å². The second-order valence-corrected chi connectivity index (χ2v) is 21.8.